The molecule has 3 atom stereocenters. The molecule has 7 rings (SSSR count). The molecule has 2 saturated carbocycles. The predicted octanol–water partition coefficient (Wildman–Crippen LogP) is 5.25. The lowest BCUT2D eigenvalue weighted by atomic mass is 9.86. The Morgan fingerprint density at radius 3 is 2.61 bits per heavy atom. The van der Waals surface area contributed by atoms with Crippen molar-refractivity contribution in [3.8, 4) is 22.6 Å². The normalized spacial score (nSPS) is 23.4. The quantitative estimate of drug-likeness (QED) is 0.329. The van der Waals surface area contributed by atoms with Crippen LogP contribution in [0, 0.1) is 11.8 Å². The second-order valence-electron chi connectivity index (χ2n) is 11.8. The third-order valence-electron chi connectivity index (χ3n) is 9.09. The summed E-state index contributed by atoms with van der Waals surface area (Å²) in [7, 11) is 0. The third-order valence-corrected chi connectivity index (χ3v) is 9.09. The largest absolute Gasteiger partial charge is 0.490 e. The number of benzene rings is 2. The molecule has 0 bridgehead atoms. The van der Waals surface area contributed by atoms with Gasteiger partial charge in [0.2, 0.25) is 0 Å². The van der Waals surface area contributed by atoms with Crippen molar-refractivity contribution in [3.05, 3.63) is 77.9 Å². The Hall–Kier alpha value is -3.82. The van der Waals surface area contributed by atoms with E-state index in [0.717, 1.165) is 40.4 Å². The first kappa shape index (κ1) is 26.1. The zero-order valence-corrected chi connectivity index (χ0v) is 23.3. The van der Waals surface area contributed by atoms with Crippen LogP contribution in [0.2, 0.25) is 0 Å². The molecule has 1 saturated heterocycles. The van der Waals surface area contributed by atoms with Gasteiger partial charge in [-0.25, -0.2) is 9.48 Å². The minimum Gasteiger partial charge on any atom is -0.490 e. The van der Waals surface area contributed by atoms with E-state index in [9.17, 15) is 9.90 Å². The molecule has 0 unspecified atom stereocenters. The highest BCUT2D eigenvalue weighted by molar-refractivity contribution is 5.89. The summed E-state index contributed by atoms with van der Waals surface area (Å²) < 4.78 is 13.5. The van der Waals surface area contributed by atoms with E-state index in [-0.39, 0.29) is 23.5 Å². The summed E-state index contributed by atoms with van der Waals surface area (Å²) in [5, 5.41) is 16.6. The highest BCUT2D eigenvalue weighted by Crippen LogP contribution is 2.53. The Kier molecular flexibility index (Phi) is 6.92. The first-order valence-electron chi connectivity index (χ1n) is 14.8. The fourth-order valence-corrected chi connectivity index (χ4v) is 6.52. The van der Waals surface area contributed by atoms with Crippen LogP contribution in [-0.4, -0.2) is 51.2 Å². The maximum Gasteiger partial charge on any atom is 0.339 e. The number of hydrogen-bond acceptors (Lipinski definition) is 7. The first-order valence-corrected chi connectivity index (χ1v) is 14.8. The summed E-state index contributed by atoms with van der Waals surface area (Å²) in [4.78, 5) is 12.2. The third kappa shape index (κ3) is 5.20. The topological polar surface area (TPSA) is 101 Å². The number of carboxylic acid groups (broad SMARTS) is 1. The molecule has 2 aliphatic heterocycles. The zero-order chi connectivity index (χ0) is 27.9. The van der Waals surface area contributed by atoms with Crippen molar-refractivity contribution in [1.82, 2.24) is 25.7 Å². The van der Waals surface area contributed by atoms with Crippen LogP contribution in [-0.2, 0) is 4.74 Å². The Morgan fingerprint density at radius 1 is 1.07 bits per heavy atom. The van der Waals surface area contributed by atoms with Crippen molar-refractivity contribution < 1.29 is 19.4 Å². The molecule has 3 fully saturated rings. The van der Waals surface area contributed by atoms with Crippen LogP contribution in [0.15, 0.2) is 66.6 Å². The van der Waals surface area contributed by atoms with Crippen molar-refractivity contribution in [2.45, 2.75) is 63.5 Å². The summed E-state index contributed by atoms with van der Waals surface area (Å²) >= 11 is 0. The molecule has 1 aromatic heterocycles. The maximum absolute atomic E-state index is 12.2. The zero-order valence-electron chi connectivity index (χ0n) is 23.3. The standard InChI is InChI=1S/C32H37N5O4/c1-20(21-7-3-2-4-8-21)41-26-12-6-10-23(14-26)22-9-5-11-24(13-22)37-31(29(16-33-37)32(38)39)28-15-27(28)30-17-36(35-34-30)25-18-40-19-25/h5-6,9-14,16-17,20-21,25,27-28,34-35H,2-4,7-8,15,18-19H2,1H3,(H,38,39)/t20-,27+,28+/m0/s1. The number of carbonyl (C=O) groups is 1. The fraction of sp³-hybridized carbons (Fsp3) is 0.438. The number of hydrogen-bond donors (Lipinski definition) is 3. The summed E-state index contributed by atoms with van der Waals surface area (Å²) in [6.07, 6.45) is 11.0. The second kappa shape index (κ2) is 10.9. The van der Waals surface area contributed by atoms with Crippen molar-refractivity contribution in [2.75, 3.05) is 13.2 Å². The molecule has 214 valence electrons. The molecule has 3 heterocycles. The van der Waals surface area contributed by atoms with E-state index >= 15 is 0 Å². The summed E-state index contributed by atoms with van der Waals surface area (Å²) in [6, 6.07) is 16.7. The number of aromatic nitrogens is 2. The molecule has 0 amide bonds. The van der Waals surface area contributed by atoms with Gasteiger partial charge in [0.05, 0.1) is 42.9 Å². The van der Waals surface area contributed by atoms with E-state index in [4.69, 9.17) is 9.47 Å². The van der Waals surface area contributed by atoms with Gasteiger partial charge < -0.3 is 20.0 Å². The average molecular weight is 556 g/mol. The van der Waals surface area contributed by atoms with Gasteiger partial charge in [-0.05, 0) is 67.5 Å². The molecular weight excluding hydrogens is 518 g/mol. The fourth-order valence-electron chi connectivity index (χ4n) is 6.52. The van der Waals surface area contributed by atoms with Gasteiger partial charge in [0, 0.05) is 23.7 Å². The van der Waals surface area contributed by atoms with Gasteiger partial charge >= 0.3 is 5.97 Å². The van der Waals surface area contributed by atoms with E-state index in [1.807, 2.05) is 34.0 Å². The number of nitrogens with one attached hydrogen (secondary N) is 2. The Morgan fingerprint density at radius 2 is 1.85 bits per heavy atom. The number of carboxylic acids is 1. The molecule has 4 aliphatic rings. The lowest BCUT2D eigenvalue weighted by Gasteiger charge is -2.33. The molecule has 0 radical (unpaired) electrons. The van der Waals surface area contributed by atoms with Gasteiger partial charge in [0.15, 0.2) is 0 Å². The second-order valence-corrected chi connectivity index (χ2v) is 11.8. The van der Waals surface area contributed by atoms with Crippen molar-refractivity contribution in [2.24, 2.45) is 11.8 Å². The lowest BCUT2D eigenvalue weighted by molar-refractivity contribution is -0.0635. The van der Waals surface area contributed by atoms with Crippen LogP contribution in [0.3, 0.4) is 0 Å². The molecule has 41 heavy (non-hydrogen) atoms. The number of rotatable bonds is 9. The number of hydrazine groups is 2. The smallest absolute Gasteiger partial charge is 0.339 e. The van der Waals surface area contributed by atoms with Crippen LogP contribution >= 0.6 is 0 Å². The van der Waals surface area contributed by atoms with Crippen LogP contribution in [0.5, 0.6) is 5.75 Å². The van der Waals surface area contributed by atoms with Gasteiger partial charge in [-0.3, -0.25) is 5.01 Å². The molecule has 9 nitrogen and oxygen atoms in total. The predicted molar refractivity (Wildman–Crippen MR) is 154 cm³/mol. The van der Waals surface area contributed by atoms with E-state index in [1.54, 1.807) is 0 Å². The monoisotopic (exact) mass is 555 g/mol. The van der Waals surface area contributed by atoms with Crippen LogP contribution < -0.4 is 15.7 Å². The summed E-state index contributed by atoms with van der Waals surface area (Å²) in [6.45, 7) is 3.60. The first-order chi connectivity index (χ1) is 20.0. The number of aromatic carboxylic acids is 1. The van der Waals surface area contributed by atoms with Crippen molar-refractivity contribution >= 4 is 5.97 Å². The minimum absolute atomic E-state index is 0.0587. The van der Waals surface area contributed by atoms with Crippen LogP contribution in [0.1, 0.15) is 67.4 Å². The maximum atomic E-state index is 12.2. The molecule has 3 N–H and O–H groups in total. The van der Waals surface area contributed by atoms with Crippen molar-refractivity contribution in [3.63, 3.8) is 0 Å². The molecule has 2 aliphatic carbocycles. The van der Waals surface area contributed by atoms with Crippen molar-refractivity contribution in [1.29, 1.82) is 0 Å². The molecule has 9 heteroatoms. The van der Waals surface area contributed by atoms with Gasteiger partial charge in [-0.1, -0.05) is 43.5 Å². The molecule has 3 aromatic rings. The Balaban J connectivity index is 1.13. The van der Waals surface area contributed by atoms with Gasteiger partial charge in [0.25, 0.3) is 0 Å². The van der Waals surface area contributed by atoms with Gasteiger partial charge in [0.1, 0.15) is 11.3 Å². The van der Waals surface area contributed by atoms with Crippen LogP contribution in [0.25, 0.3) is 16.8 Å². The average Bonchev–Trinajstić information content (AvgIpc) is 3.38. The van der Waals surface area contributed by atoms with Gasteiger partial charge in [-0.2, -0.15) is 5.10 Å². The summed E-state index contributed by atoms with van der Waals surface area (Å²) in [5.41, 5.74) is 11.5. The van der Waals surface area contributed by atoms with Crippen LogP contribution in [0.4, 0.5) is 0 Å². The highest BCUT2D eigenvalue weighted by Gasteiger charge is 2.47. The van der Waals surface area contributed by atoms with E-state index in [1.165, 1.54) is 38.3 Å². The molecule has 2 aromatic carbocycles. The minimum atomic E-state index is -0.954. The number of allylic oxidation sites excluding steroid dienone is 1. The van der Waals surface area contributed by atoms with Gasteiger partial charge in [-0.15, -0.1) is 5.53 Å². The SMILES string of the molecule is C[C@H](Oc1cccc(-c2cccc(-n3ncc(C(=O)O)c3[C@@H]3C[C@H]3C3=CN(C4COC4)NN3)c2)c1)C1CCCCC1. The lowest BCUT2D eigenvalue weighted by Crippen LogP contribution is -2.52. The van der Waals surface area contributed by atoms with E-state index in [0.29, 0.717) is 25.2 Å². The molecule has 0 spiro atoms. The Bertz CT molecular complexity index is 1460. The summed E-state index contributed by atoms with van der Waals surface area (Å²) in [5.74, 6) is 0.802. The highest BCUT2D eigenvalue weighted by atomic mass is 16.5. The van der Waals surface area contributed by atoms with E-state index < -0.39 is 5.97 Å². The number of nitrogens with zero attached hydrogens (tertiary/aromatic N) is 3. The Labute approximate surface area is 240 Å². The molecular formula is C32H37N5O4. The number of ether oxygens (including phenoxy) is 2. The van der Waals surface area contributed by atoms with E-state index in [2.05, 4.69) is 53.4 Å².